The molecule has 1 aliphatic rings. The summed E-state index contributed by atoms with van der Waals surface area (Å²) in [4.78, 5) is 0. The third-order valence-corrected chi connectivity index (χ3v) is 12.4. The smallest absolute Gasteiger partial charge is 0.0622 e. The molecule has 0 unspecified atom stereocenters. The van der Waals surface area contributed by atoms with Gasteiger partial charge in [0.15, 0.2) is 0 Å². The van der Waals surface area contributed by atoms with Gasteiger partial charge >= 0.3 is 0 Å². The van der Waals surface area contributed by atoms with Gasteiger partial charge in [0.25, 0.3) is 0 Å². The SMILES string of the molecule is c1ccc(C2(c3ccccc3)c3ccccc3-c3c2cc2cc(-c4cc5ccc6cccc7ccc(c4)c5c67)ccc2c3-c2cccc3ccccc23)cc1. The molecule has 1 aliphatic carbocycles. The number of benzene rings is 11. The first kappa shape index (κ1) is 30.4. The molecule has 0 heterocycles. The van der Waals surface area contributed by atoms with Crippen LogP contribution in [0.1, 0.15) is 22.3 Å². The molecule has 0 aromatic heterocycles. The van der Waals surface area contributed by atoms with Crippen LogP contribution in [-0.2, 0) is 5.41 Å². The highest BCUT2D eigenvalue weighted by Gasteiger charge is 2.47. The minimum Gasteiger partial charge on any atom is -0.0622 e. The molecule has 0 spiro atoms. The standard InChI is InChI=1S/C55H34/c1-3-17-43(18-4-1)55(44-19-5-2-6-20-44)49-24-10-9-22-48(49)54-50(55)34-42-31-38(29-30-46(42)53(54)47-23-12-14-35-13-7-8-21-45(35)47)41-32-39-27-25-36-15-11-16-37-26-28-40(33-41)52(39)51(36)37/h1-34H. The number of rotatable bonds is 4. The molecule has 0 aliphatic heterocycles. The van der Waals surface area contributed by atoms with Crippen molar-refractivity contribution in [3.63, 3.8) is 0 Å². The van der Waals surface area contributed by atoms with E-state index in [1.54, 1.807) is 0 Å². The molecule has 0 fully saturated rings. The van der Waals surface area contributed by atoms with E-state index in [1.807, 2.05) is 0 Å². The van der Waals surface area contributed by atoms with Gasteiger partial charge in [0.2, 0.25) is 0 Å². The fourth-order valence-corrected chi connectivity index (χ4v) is 10.1. The molecule has 0 nitrogen and oxygen atoms in total. The molecule has 254 valence electrons. The van der Waals surface area contributed by atoms with E-state index in [0.717, 1.165) is 0 Å². The minimum atomic E-state index is -0.505. The summed E-state index contributed by atoms with van der Waals surface area (Å²) in [5.74, 6) is 0. The maximum atomic E-state index is 2.52. The van der Waals surface area contributed by atoms with Crippen LogP contribution in [-0.4, -0.2) is 0 Å². The lowest BCUT2D eigenvalue weighted by Crippen LogP contribution is -2.28. The van der Waals surface area contributed by atoms with E-state index < -0.39 is 5.41 Å². The molecule has 0 saturated heterocycles. The van der Waals surface area contributed by atoms with Gasteiger partial charge in [-0.3, -0.25) is 0 Å². The summed E-state index contributed by atoms with van der Waals surface area (Å²) in [7, 11) is 0. The molecule has 0 radical (unpaired) electrons. The summed E-state index contributed by atoms with van der Waals surface area (Å²) in [6, 6.07) is 77.3. The Morgan fingerprint density at radius 3 is 1.56 bits per heavy atom. The molecule has 0 heteroatoms. The third-order valence-electron chi connectivity index (χ3n) is 12.4. The van der Waals surface area contributed by atoms with E-state index in [4.69, 9.17) is 0 Å². The van der Waals surface area contributed by atoms with Gasteiger partial charge < -0.3 is 0 Å². The van der Waals surface area contributed by atoms with Crippen molar-refractivity contribution >= 4 is 53.9 Å². The molecular weight excluding hydrogens is 661 g/mol. The van der Waals surface area contributed by atoms with Crippen LogP contribution in [0.5, 0.6) is 0 Å². The van der Waals surface area contributed by atoms with Gasteiger partial charge in [-0.15, -0.1) is 0 Å². The number of fused-ring (bicyclic) bond motifs is 5. The van der Waals surface area contributed by atoms with Gasteiger partial charge in [0.1, 0.15) is 0 Å². The fourth-order valence-electron chi connectivity index (χ4n) is 10.1. The molecular formula is C55H34. The predicted molar refractivity (Wildman–Crippen MR) is 233 cm³/mol. The molecule has 0 atom stereocenters. The number of hydrogen-bond acceptors (Lipinski definition) is 0. The molecule has 0 saturated carbocycles. The van der Waals surface area contributed by atoms with Crippen molar-refractivity contribution in [3.05, 3.63) is 229 Å². The van der Waals surface area contributed by atoms with Gasteiger partial charge in [-0.25, -0.2) is 0 Å². The molecule has 11 aromatic rings. The molecule has 0 amide bonds. The first-order chi connectivity index (χ1) is 27.3. The molecule has 12 rings (SSSR count). The summed E-state index contributed by atoms with van der Waals surface area (Å²) < 4.78 is 0. The lowest BCUT2D eigenvalue weighted by Gasteiger charge is -2.34. The Bertz CT molecular complexity index is 3190. The molecule has 0 bridgehead atoms. The average Bonchev–Trinajstić information content (AvgIpc) is 3.55. The lowest BCUT2D eigenvalue weighted by molar-refractivity contribution is 0.769. The van der Waals surface area contributed by atoms with Crippen molar-refractivity contribution in [2.45, 2.75) is 5.41 Å². The second kappa shape index (κ2) is 11.5. The van der Waals surface area contributed by atoms with Gasteiger partial charge in [-0.2, -0.15) is 0 Å². The summed E-state index contributed by atoms with van der Waals surface area (Å²) in [5.41, 5.74) is 12.3. The first-order valence-electron chi connectivity index (χ1n) is 19.3. The van der Waals surface area contributed by atoms with Gasteiger partial charge in [0, 0.05) is 0 Å². The minimum absolute atomic E-state index is 0.505. The summed E-state index contributed by atoms with van der Waals surface area (Å²) >= 11 is 0. The monoisotopic (exact) mass is 694 g/mol. The van der Waals surface area contributed by atoms with E-state index in [-0.39, 0.29) is 0 Å². The van der Waals surface area contributed by atoms with Crippen LogP contribution < -0.4 is 0 Å². The summed E-state index contributed by atoms with van der Waals surface area (Å²) in [6.07, 6.45) is 0. The maximum Gasteiger partial charge on any atom is 0.0714 e. The molecule has 11 aromatic carbocycles. The summed E-state index contributed by atoms with van der Waals surface area (Å²) in [6.45, 7) is 0. The predicted octanol–water partition coefficient (Wildman–Crippen LogP) is 14.6. The van der Waals surface area contributed by atoms with Crippen molar-refractivity contribution in [2.75, 3.05) is 0 Å². The van der Waals surface area contributed by atoms with E-state index in [2.05, 4.69) is 206 Å². The highest BCUT2D eigenvalue weighted by Crippen LogP contribution is 2.60. The highest BCUT2D eigenvalue weighted by atomic mass is 14.5. The average molecular weight is 695 g/mol. The van der Waals surface area contributed by atoms with Crippen LogP contribution in [0.15, 0.2) is 206 Å². The van der Waals surface area contributed by atoms with Crippen molar-refractivity contribution in [3.8, 4) is 33.4 Å². The Hall–Kier alpha value is -7.02. The normalized spacial score (nSPS) is 13.2. The Labute approximate surface area is 319 Å². The van der Waals surface area contributed by atoms with Crippen LogP contribution in [0.4, 0.5) is 0 Å². The van der Waals surface area contributed by atoms with Crippen LogP contribution in [0.2, 0.25) is 0 Å². The molecule has 55 heavy (non-hydrogen) atoms. The Balaban J connectivity index is 1.21. The van der Waals surface area contributed by atoms with Crippen molar-refractivity contribution in [1.82, 2.24) is 0 Å². The second-order valence-corrected chi connectivity index (χ2v) is 15.2. The van der Waals surface area contributed by atoms with Crippen molar-refractivity contribution < 1.29 is 0 Å². The summed E-state index contributed by atoms with van der Waals surface area (Å²) in [5, 5.41) is 12.9. The van der Waals surface area contributed by atoms with Crippen molar-refractivity contribution in [1.29, 1.82) is 0 Å². The Morgan fingerprint density at radius 1 is 0.273 bits per heavy atom. The topological polar surface area (TPSA) is 0 Å². The lowest BCUT2D eigenvalue weighted by atomic mass is 9.67. The van der Waals surface area contributed by atoms with Gasteiger partial charge in [-0.05, 0) is 134 Å². The first-order valence-corrected chi connectivity index (χ1v) is 19.3. The van der Waals surface area contributed by atoms with E-state index in [1.165, 1.54) is 109 Å². The van der Waals surface area contributed by atoms with Crippen molar-refractivity contribution in [2.24, 2.45) is 0 Å². The van der Waals surface area contributed by atoms with Crippen LogP contribution >= 0.6 is 0 Å². The number of hydrogen-bond donors (Lipinski definition) is 0. The van der Waals surface area contributed by atoms with Crippen LogP contribution in [0, 0.1) is 0 Å². The highest BCUT2D eigenvalue weighted by molar-refractivity contribution is 6.24. The van der Waals surface area contributed by atoms with Crippen LogP contribution in [0.25, 0.3) is 87.2 Å². The Morgan fingerprint density at radius 2 is 0.818 bits per heavy atom. The fraction of sp³-hybridized carbons (Fsp3) is 0.0182. The zero-order chi connectivity index (χ0) is 36.1. The van der Waals surface area contributed by atoms with Gasteiger partial charge in [0.05, 0.1) is 5.41 Å². The van der Waals surface area contributed by atoms with E-state index in [0.29, 0.717) is 0 Å². The zero-order valence-electron chi connectivity index (χ0n) is 30.1. The zero-order valence-corrected chi connectivity index (χ0v) is 30.1. The van der Waals surface area contributed by atoms with Gasteiger partial charge in [-0.1, -0.05) is 182 Å². The Kier molecular flexibility index (Phi) is 6.36. The van der Waals surface area contributed by atoms with Crippen LogP contribution in [0.3, 0.4) is 0 Å². The maximum absolute atomic E-state index is 2.52. The largest absolute Gasteiger partial charge is 0.0714 e. The quantitative estimate of drug-likeness (QED) is 0.161. The van der Waals surface area contributed by atoms with E-state index in [9.17, 15) is 0 Å². The van der Waals surface area contributed by atoms with E-state index >= 15 is 0 Å². The molecule has 0 N–H and O–H groups in total. The second-order valence-electron chi connectivity index (χ2n) is 15.2. The third kappa shape index (κ3) is 4.23.